The van der Waals surface area contributed by atoms with Crippen LogP contribution in [0, 0.1) is 0 Å². The monoisotopic (exact) mass is 482 g/mol. The molecule has 1 aromatic carbocycles. The van der Waals surface area contributed by atoms with Gasteiger partial charge in [-0.15, -0.1) is 32.9 Å². The van der Waals surface area contributed by atoms with E-state index in [0.717, 1.165) is 26.8 Å². The number of amides is 1. The Morgan fingerprint density at radius 2 is 1.97 bits per heavy atom. The van der Waals surface area contributed by atoms with Gasteiger partial charge in [0.25, 0.3) is 11.1 Å². The average Bonchev–Trinajstić information content (AvgIpc) is 3.63. The summed E-state index contributed by atoms with van der Waals surface area (Å²) in [5.41, 5.74) is 1.73. The molecule has 32 heavy (non-hydrogen) atoms. The molecule has 162 valence electrons. The summed E-state index contributed by atoms with van der Waals surface area (Å²) in [5, 5.41) is 18.8. The molecule has 0 spiro atoms. The average molecular weight is 483 g/mol. The zero-order valence-electron chi connectivity index (χ0n) is 17.0. The molecule has 4 aromatic rings. The van der Waals surface area contributed by atoms with Gasteiger partial charge in [-0.05, 0) is 47.2 Å². The van der Waals surface area contributed by atoms with Crippen LogP contribution in [0.25, 0.3) is 11.5 Å². The fourth-order valence-corrected chi connectivity index (χ4v) is 5.49. The molecule has 1 aliphatic heterocycles. The fraction of sp³-hybridized carbons (Fsp3) is 0.182. The number of carbonyl (C=O) groups excluding carboxylic acids is 1. The molecule has 0 bridgehead atoms. The summed E-state index contributed by atoms with van der Waals surface area (Å²) in [6.45, 7) is 0. The van der Waals surface area contributed by atoms with Crippen LogP contribution in [0.5, 0.6) is 5.75 Å². The molecule has 1 unspecified atom stereocenters. The van der Waals surface area contributed by atoms with Crippen molar-refractivity contribution in [3.63, 3.8) is 0 Å². The summed E-state index contributed by atoms with van der Waals surface area (Å²) in [6.07, 6.45) is 0.708. The van der Waals surface area contributed by atoms with E-state index in [4.69, 9.17) is 9.15 Å². The highest BCUT2D eigenvalue weighted by molar-refractivity contribution is 7.99. The third kappa shape index (κ3) is 4.34. The van der Waals surface area contributed by atoms with E-state index in [1.165, 1.54) is 11.8 Å². The smallest absolute Gasteiger partial charge is 0.277 e. The standard InChI is InChI=1S/C22H18N4O3S3/c1-28-15-8-6-14(7-9-15)21-23-24-22(29-21)32-13-20(27)26-17(19-5-3-11-31-19)12-16(25-26)18-4-2-10-30-18/h2-11,17H,12-13H2,1H3. The minimum absolute atomic E-state index is 0.0854. The predicted molar refractivity (Wildman–Crippen MR) is 126 cm³/mol. The molecule has 4 heterocycles. The van der Waals surface area contributed by atoms with Crippen LogP contribution >= 0.6 is 34.4 Å². The lowest BCUT2D eigenvalue weighted by atomic mass is 10.1. The number of aromatic nitrogens is 2. The number of rotatable bonds is 7. The Bertz CT molecular complexity index is 1220. The van der Waals surface area contributed by atoms with Crippen molar-refractivity contribution in [2.75, 3.05) is 12.9 Å². The van der Waals surface area contributed by atoms with Gasteiger partial charge >= 0.3 is 0 Å². The van der Waals surface area contributed by atoms with Gasteiger partial charge < -0.3 is 9.15 Å². The van der Waals surface area contributed by atoms with Crippen molar-refractivity contribution in [3.05, 3.63) is 69.0 Å². The minimum Gasteiger partial charge on any atom is -0.497 e. The number of methoxy groups -OCH3 is 1. The molecule has 0 fully saturated rings. The van der Waals surface area contributed by atoms with Crippen LogP contribution < -0.4 is 4.74 Å². The van der Waals surface area contributed by atoms with Crippen molar-refractivity contribution in [1.82, 2.24) is 15.2 Å². The maximum atomic E-state index is 13.1. The minimum atomic E-state index is -0.0934. The Hall–Kier alpha value is -2.95. The number of hydrogen-bond acceptors (Lipinski definition) is 9. The summed E-state index contributed by atoms with van der Waals surface area (Å²) in [7, 11) is 1.62. The van der Waals surface area contributed by atoms with Crippen LogP contribution in [0.15, 0.2) is 74.0 Å². The van der Waals surface area contributed by atoms with Gasteiger partial charge in [-0.25, -0.2) is 5.01 Å². The lowest BCUT2D eigenvalue weighted by Gasteiger charge is -2.20. The van der Waals surface area contributed by atoms with Crippen LogP contribution in [0.1, 0.15) is 22.2 Å². The summed E-state index contributed by atoms with van der Waals surface area (Å²) in [5.74, 6) is 1.22. The molecule has 0 saturated heterocycles. The summed E-state index contributed by atoms with van der Waals surface area (Å²) >= 11 is 4.49. The first-order chi connectivity index (χ1) is 15.7. The van der Waals surface area contributed by atoms with Gasteiger partial charge in [0, 0.05) is 16.9 Å². The number of hydrazone groups is 1. The van der Waals surface area contributed by atoms with Gasteiger partial charge in [0.05, 0.1) is 29.5 Å². The van der Waals surface area contributed by atoms with Crippen molar-refractivity contribution in [2.45, 2.75) is 17.7 Å². The molecule has 1 amide bonds. The van der Waals surface area contributed by atoms with Crippen LogP contribution in [0.4, 0.5) is 0 Å². The first kappa shape index (κ1) is 20.9. The zero-order valence-corrected chi connectivity index (χ0v) is 19.5. The van der Waals surface area contributed by atoms with Gasteiger partial charge in [0.15, 0.2) is 0 Å². The summed E-state index contributed by atoms with van der Waals surface area (Å²) in [4.78, 5) is 15.3. The van der Waals surface area contributed by atoms with E-state index in [1.54, 1.807) is 34.8 Å². The van der Waals surface area contributed by atoms with Gasteiger partial charge in [-0.2, -0.15) is 5.10 Å². The van der Waals surface area contributed by atoms with Gasteiger partial charge in [-0.3, -0.25) is 4.79 Å². The topological polar surface area (TPSA) is 80.8 Å². The molecular weight excluding hydrogens is 464 g/mol. The molecule has 10 heteroatoms. The first-order valence-electron chi connectivity index (χ1n) is 9.79. The number of hydrogen-bond donors (Lipinski definition) is 0. The number of carbonyl (C=O) groups is 1. The number of benzene rings is 1. The predicted octanol–water partition coefficient (Wildman–Crippen LogP) is 5.34. The highest BCUT2D eigenvalue weighted by Crippen LogP contribution is 2.36. The van der Waals surface area contributed by atoms with Crippen molar-refractivity contribution in [3.8, 4) is 17.2 Å². The lowest BCUT2D eigenvalue weighted by molar-refractivity contribution is -0.130. The Balaban J connectivity index is 1.28. The molecule has 3 aromatic heterocycles. The molecule has 1 atom stereocenters. The highest BCUT2D eigenvalue weighted by Gasteiger charge is 2.34. The van der Waals surface area contributed by atoms with Crippen LogP contribution in [-0.2, 0) is 4.79 Å². The number of nitrogens with zero attached hydrogens (tertiary/aromatic N) is 4. The first-order valence-corrected chi connectivity index (χ1v) is 12.5. The van der Waals surface area contributed by atoms with Crippen molar-refractivity contribution in [2.24, 2.45) is 5.10 Å². The van der Waals surface area contributed by atoms with Crippen LogP contribution in [0.3, 0.4) is 0 Å². The van der Waals surface area contributed by atoms with E-state index in [9.17, 15) is 4.79 Å². The Kier molecular flexibility index (Phi) is 6.06. The number of thiophene rings is 2. The second kappa shape index (κ2) is 9.27. The van der Waals surface area contributed by atoms with E-state index < -0.39 is 0 Å². The fourth-order valence-electron chi connectivity index (χ4n) is 3.34. The molecular formula is C22H18N4O3S3. The lowest BCUT2D eigenvalue weighted by Crippen LogP contribution is -2.28. The molecule has 7 nitrogen and oxygen atoms in total. The second-order valence-corrected chi connectivity index (χ2v) is 9.74. The van der Waals surface area contributed by atoms with Crippen LogP contribution in [-0.4, -0.2) is 39.7 Å². The quantitative estimate of drug-likeness (QED) is 0.331. The van der Waals surface area contributed by atoms with Crippen molar-refractivity contribution in [1.29, 1.82) is 0 Å². The van der Waals surface area contributed by atoms with E-state index in [0.29, 0.717) is 17.5 Å². The summed E-state index contributed by atoms with van der Waals surface area (Å²) < 4.78 is 10.9. The third-order valence-electron chi connectivity index (χ3n) is 4.91. The third-order valence-corrected chi connectivity index (χ3v) is 7.60. The Morgan fingerprint density at radius 3 is 2.69 bits per heavy atom. The zero-order chi connectivity index (χ0) is 21.9. The van der Waals surface area contributed by atoms with Crippen LogP contribution in [0.2, 0.25) is 0 Å². The molecule has 1 aliphatic rings. The molecule has 0 radical (unpaired) electrons. The number of ether oxygens (including phenoxy) is 1. The summed E-state index contributed by atoms with van der Waals surface area (Å²) in [6, 6.07) is 15.4. The largest absolute Gasteiger partial charge is 0.497 e. The second-order valence-electron chi connectivity index (χ2n) is 6.89. The van der Waals surface area contributed by atoms with Gasteiger partial charge in [0.2, 0.25) is 5.89 Å². The van der Waals surface area contributed by atoms with E-state index >= 15 is 0 Å². The maximum absolute atomic E-state index is 13.1. The SMILES string of the molecule is COc1ccc(-c2nnc(SCC(=O)N3N=C(c4cccs4)CC3c3cccs3)o2)cc1. The number of thioether (sulfide) groups is 1. The maximum Gasteiger partial charge on any atom is 0.277 e. The Morgan fingerprint density at radius 1 is 1.16 bits per heavy atom. The van der Waals surface area contributed by atoms with Crippen molar-refractivity contribution >= 4 is 46.1 Å². The van der Waals surface area contributed by atoms with E-state index in [-0.39, 0.29) is 17.7 Å². The van der Waals surface area contributed by atoms with E-state index in [2.05, 4.69) is 21.4 Å². The Labute approximate surface area is 196 Å². The molecule has 0 N–H and O–H groups in total. The highest BCUT2D eigenvalue weighted by atomic mass is 32.2. The normalized spacial score (nSPS) is 15.7. The van der Waals surface area contributed by atoms with Crippen molar-refractivity contribution < 1.29 is 13.9 Å². The van der Waals surface area contributed by atoms with E-state index in [1.807, 2.05) is 53.2 Å². The van der Waals surface area contributed by atoms with Gasteiger partial charge in [0.1, 0.15) is 5.75 Å². The van der Waals surface area contributed by atoms with Gasteiger partial charge in [-0.1, -0.05) is 23.9 Å². The molecule has 0 saturated carbocycles. The molecule has 5 rings (SSSR count). The molecule has 0 aliphatic carbocycles.